The highest BCUT2D eigenvalue weighted by atomic mass is 16.3. The van der Waals surface area contributed by atoms with Crippen molar-refractivity contribution in [2.24, 2.45) is 0 Å². The van der Waals surface area contributed by atoms with Gasteiger partial charge in [-0.25, -0.2) is 0 Å². The number of fused-ring (bicyclic) bond motifs is 1. The molecule has 1 aromatic heterocycles. The van der Waals surface area contributed by atoms with Gasteiger partial charge in [-0.2, -0.15) is 0 Å². The van der Waals surface area contributed by atoms with E-state index in [1.54, 1.807) is 0 Å². The molecule has 1 N–H and O–H groups in total. The fraction of sp³-hybridized carbons (Fsp3) is 0.471. The molecule has 0 spiro atoms. The molecule has 0 saturated carbocycles. The number of hydrogen-bond acceptors (Lipinski definition) is 4. The van der Waals surface area contributed by atoms with Crippen LogP contribution in [0.15, 0.2) is 24.3 Å². The Balaban J connectivity index is 1.95. The standard InChI is InChI=1S/C17H23N3O/c1-13-14(2)18-16-6-4-3-5-15(16)17(13)20-9-7-19(8-10-20)11-12-21/h3-6,21H,7-12H2,1-2H3. The van der Waals surface area contributed by atoms with Crippen LogP contribution >= 0.6 is 0 Å². The molecule has 2 aromatic rings. The molecule has 21 heavy (non-hydrogen) atoms. The smallest absolute Gasteiger partial charge is 0.0726 e. The monoisotopic (exact) mass is 285 g/mol. The summed E-state index contributed by atoms with van der Waals surface area (Å²) in [6, 6.07) is 8.40. The first-order chi connectivity index (χ1) is 10.2. The predicted octanol–water partition coefficient (Wildman–Crippen LogP) is 1.97. The Bertz CT molecular complexity index is 633. The van der Waals surface area contributed by atoms with E-state index in [0.29, 0.717) is 0 Å². The third-order valence-electron chi connectivity index (χ3n) is 4.45. The fourth-order valence-corrected chi connectivity index (χ4v) is 3.15. The lowest BCUT2D eigenvalue weighted by Crippen LogP contribution is -2.47. The summed E-state index contributed by atoms with van der Waals surface area (Å²) in [7, 11) is 0. The highest BCUT2D eigenvalue weighted by molar-refractivity contribution is 5.93. The van der Waals surface area contributed by atoms with Crippen LogP contribution in [-0.4, -0.2) is 54.3 Å². The first kappa shape index (κ1) is 14.3. The molecule has 1 saturated heterocycles. The molecule has 4 heteroatoms. The van der Waals surface area contributed by atoms with E-state index in [-0.39, 0.29) is 6.61 Å². The Kier molecular flexibility index (Phi) is 4.08. The summed E-state index contributed by atoms with van der Waals surface area (Å²) in [6.07, 6.45) is 0. The van der Waals surface area contributed by atoms with Crippen molar-refractivity contribution >= 4 is 16.6 Å². The minimum Gasteiger partial charge on any atom is -0.395 e. The van der Waals surface area contributed by atoms with Crippen molar-refractivity contribution < 1.29 is 5.11 Å². The second kappa shape index (κ2) is 6.00. The lowest BCUT2D eigenvalue weighted by molar-refractivity contribution is 0.189. The molecular formula is C17H23N3O. The van der Waals surface area contributed by atoms with Crippen LogP contribution in [0, 0.1) is 13.8 Å². The van der Waals surface area contributed by atoms with Gasteiger partial charge in [0.2, 0.25) is 0 Å². The van der Waals surface area contributed by atoms with E-state index in [1.807, 2.05) is 6.07 Å². The third-order valence-corrected chi connectivity index (χ3v) is 4.45. The highest BCUT2D eigenvalue weighted by Crippen LogP contribution is 2.31. The molecular weight excluding hydrogens is 262 g/mol. The SMILES string of the molecule is Cc1nc2ccccc2c(N2CCN(CCO)CC2)c1C. The van der Waals surface area contributed by atoms with Gasteiger partial charge >= 0.3 is 0 Å². The van der Waals surface area contributed by atoms with Gasteiger partial charge < -0.3 is 10.0 Å². The molecule has 0 aliphatic carbocycles. The summed E-state index contributed by atoms with van der Waals surface area (Å²) in [4.78, 5) is 9.50. The van der Waals surface area contributed by atoms with Gasteiger partial charge in [0.25, 0.3) is 0 Å². The van der Waals surface area contributed by atoms with Gasteiger partial charge in [0.15, 0.2) is 0 Å². The third kappa shape index (κ3) is 2.74. The number of β-amino-alcohol motifs (C(OH)–C–C–N with tert-alkyl or cyclic N) is 1. The number of aromatic nitrogens is 1. The first-order valence-corrected chi connectivity index (χ1v) is 7.65. The summed E-state index contributed by atoms with van der Waals surface area (Å²) >= 11 is 0. The van der Waals surface area contributed by atoms with Crippen LogP contribution in [0.2, 0.25) is 0 Å². The van der Waals surface area contributed by atoms with Crippen molar-refractivity contribution in [1.29, 1.82) is 0 Å². The summed E-state index contributed by atoms with van der Waals surface area (Å²) < 4.78 is 0. The van der Waals surface area contributed by atoms with Crippen LogP contribution in [0.1, 0.15) is 11.3 Å². The maximum Gasteiger partial charge on any atom is 0.0726 e. The van der Waals surface area contributed by atoms with Crippen molar-refractivity contribution in [3.05, 3.63) is 35.5 Å². The number of para-hydroxylation sites is 1. The summed E-state index contributed by atoms with van der Waals surface area (Å²) in [5.41, 5.74) is 4.81. The summed E-state index contributed by atoms with van der Waals surface area (Å²) in [5, 5.41) is 10.3. The molecule has 0 unspecified atom stereocenters. The Labute approximate surface area is 126 Å². The average molecular weight is 285 g/mol. The van der Waals surface area contributed by atoms with Crippen molar-refractivity contribution in [3.8, 4) is 0 Å². The van der Waals surface area contributed by atoms with Crippen molar-refractivity contribution in [1.82, 2.24) is 9.88 Å². The molecule has 0 amide bonds. The van der Waals surface area contributed by atoms with Crippen LogP contribution in [0.4, 0.5) is 5.69 Å². The van der Waals surface area contributed by atoms with Crippen molar-refractivity contribution in [2.75, 3.05) is 44.2 Å². The minimum atomic E-state index is 0.246. The van der Waals surface area contributed by atoms with Gasteiger partial charge in [0.1, 0.15) is 0 Å². The van der Waals surface area contributed by atoms with Gasteiger partial charge in [-0.3, -0.25) is 9.88 Å². The zero-order valence-electron chi connectivity index (χ0n) is 12.8. The molecule has 4 nitrogen and oxygen atoms in total. The van der Waals surface area contributed by atoms with E-state index < -0.39 is 0 Å². The number of aliphatic hydroxyl groups is 1. The predicted molar refractivity (Wildman–Crippen MR) is 87.0 cm³/mol. The molecule has 2 heterocycles. The van der Waals surface area contributed by atoms with Gasteiger partial charge in [0.05, 0.1) is 17.8 Å². The fourth-order valence-electron chi connectivity index (χ4n) is 3.15. The Morgan fingerprint density at radius 2 is 1.81 bits per heavy atom. The van der Waals surface area contributed by atoms with Crippen LogP contribution < -0.4 is 4.90 Å². The Hall–Kier alpha value is -1.65. The maximum absolute atomic E-state index is 9.06. The van der Waals surface area contributed by atoms with E-state index in [0.717, 1.165) is 43.9 Å². The molecule has 0 bridgehead atoms. The quantitative estimate of drug-likeness (QED) is 0.936. The van der Waals surface area contributed by atoms with Gasteiger partial charge in [-0.1, -0.05) is 18.2 Å². The van der Waals surface area contributed by atoms with Crippen molar-refractivity contribution in [3.63, 3.8) is 0 Å². The second-order valence-corrected chi connectivity index (χ2v) is 5.74. The van der Waals surface area contributed by atoms with Crippen molar-refractivity contribution in [2.45, 2.75) is 13.8 Å². The number of anilines is 1. The normalized spacial score (nSPS) is 16.6. The molecule has 1 aliphatic rings. The Morgan fingerprint density at radius 3 is 2.52 bits per heavy atom. The number of benzene rings is 1. The molecule has 0 radical (unpaired) electrons. The number of piperazine rings is 1. The summed E-state index contributed by atoms with van der Waals surface area (Å²) in [6.45, 7) is 9.32. The zero-order valence-corrected chi connectivity index (χ0v) is 12.8. The van der Waals surface area contributed by atoms with E-state index >= 15 is 0 Å². The molecule has 1 fully saturated rings. The molecule has 1 aliphatic heterocycles. The average Bonchev–Trinajstić information content (AvgIpc) is 2.50. The Morgan fingerprint density at radius 1 is 1.10 bits per heavy atom. The zero-order chi connectivity index (χ0) is 14.8. The highest BCUT2D eigenvalue weighted by Gasteiger charge is 2.20. The number of pyridine rings is 1. The second-order valence-electron chi connectivity index (χ2n) is 5.74. The first-order valence-electron chi connectivity index (χ1n) is 7.65. The number of aryl methyl sites for hydroxylation is 1. The minimum absolute atomic E-state index is 0.246. The van der Waals surface area contributed by atoms with Crippen LogP contribution in [0.5, 0.6) is 0 Å². The van der Waals surface area contributed by atoms with Gasteiger partial charge in [0, 0.05) is 43.8 Å². The van der Waals surface area contributed by atoms with Crippen LogP contribution in [0.3, 0.4) is 0 Å². The lowest BCUT2D eigenvalue weighted by Gasteiger charge is -2.37. The van der Waals surface area contributed by atoms with E-state index in [2.05, 4.69) is 41.8 Å². The molecule has 0 atom stereocenters. The number of aliphatic hydroxyl groups excluding tert-OH is 1. The number of rotatable bonds is 3. The van der Waals surface area contributed by atoms with Crippen LogP contribution in [-0.2, 0) is 0 Å². The van der Waals surface area contributed by atoms with Gasteiger partial charge in [-0.15, -0.1) is 0 Å². The molecule has 1 aromatic carbocycles. The van der Waals surface area contributed by atoms with Crippen LogP contribution in [0.25, 0.3) is 10.9 Å². The van der Waals surface area contributed by atoms with E-state index in [4.69, 9.17) is 10.1 Å². The molecule has 112 valence electrons. The maximum atomic E-state index is 9.06. The summed E-state index contributed by atoms with van der Waals surface area (Å²) in [5.74, 6) is 0. The largest absolute Gasteiger partial charge is 0.395 e. The topological polar surface area (TPSA) is 39.6 Å². The number of hydrogen-bond donors (Lipinski definition) is 1. The number of nitrogens with zero attached hydrogens (tertiary/aromatic N) is 3. The van der Waals surface area contributed by atoms with E-state index in [1.165, 1.54) is 16.6 Å². The van der Waals surface area contributed by atoms with Gasteiger partial charge in [-0.05, 0) is 25.5 Å². The lowest BCUT2D eigenvalue weighted by atomic mass is 10.1. The van der Waals surface area contributed by atoms with E-state index in [9.17, 15) is 0 Å². The molecule has 3 rings (SSSR count).